The maximum atomic E-state index is 12.4. The minimum absolute atomic E-state index is 0.0138. The van der Waals surface area contributed by atoms with Gasteiger partial charge in [0.2, 0.25) is 5.95 Å². The number of aromatic nitrogens is 6. The van der Waals surface area contributed by atoms with Gasteiger partial charge < -0.3 is 47.1 Å². The summed E-state index contributed by atoms with van der Waals surface area (Å²) in [4.78, 5) is 66.3. The van der Waals surface area contributed by atoms with Crippen LogP contribution in [0.25, 0.3) is 11.2 Å². The second-order valence-corrected chi connectivity index (χ2v) is 9.50. The van der Waals surface area contributed by atoms with E-state index in [0.29, 0.717) is 29.2 Å². The number of nitrogens with two attached hydrogens (primary N) is 2. The first-order chi connectivity index (χ1) is 21.3. The fourth-order valence-electron chi connectivity index (χ4n) is 4.01. The fourth-order valence-corrected chi connectivity index (χ4v) is 4.01. The third kappa shape index (κ3) is 9.00. The lowest BCUT2D eigenvalue weighted by atomic mass is 10.1. The Balaban J connectivity index is 0.000000385. The van der Waals surface area contributed by atoms with E-state index in [1.54, 1.807) is 25.3 Å². The van der Waals surface area contributed by atoms with Gasteiger partial charge in [-0.15, -0.1) is 0 Å². The Hall–Kier alpha value is -5.98. The van der Waals surface area contributed by atoms with Crippen LogP contribution in [0, 0.1) is 17.0 Å². The Kier molecular flexibility index (Phi) is 11.1. The van der Waals surface area contributed by atoms with Crippen LogP contribution in [0.15, 0.2) is 36.7 Å². The quantitative estimate of drug-likeness (QED) is 0.0914. The molecular weight excluding hydrogens is 594 g/mol. The van der Waals surface area contributed by atoms with E-state index in [2.05, 4.69) is 30.2 Å². The van der Waals surface area contributed by atoms with E-state index in [1.165, 1.54) is 22.9 Å². The fraction of sp³-hybridized carbons (Fsp3) is 0.308. The first-order valence-electron chi connectivity index (χ1n) is 13.2. The molecule has 0 aliphatic carbocycles. The van der Waals surface area contributed by atoms with Crippen molar-refractivity contribution < 1.29 is 34.6 Å². The van der Waals surface area contributed by atoms with Gasteiger partial charge in [0.25, 0.3) is 5.91 Å². The number of carboxylic acids is 2. The number of aliphatic hydroxyl groups excluding tert-OH is 1. The van der Waals surface area contributed by atoms with Gasteiger partial charge in [0.15, 0.2) is 22.8 Å². The molecule has 3 heterocycles. The first-order valence-corrected chi connectivity index (χ1v) is 13.2. The van der Waals surface area contributed by atoms with Crippen molar-refractivity contribution in [3.8, 4) is 0 Å². The summed E-state index contributed by atoms with van der Waals surface area (Å²) in [6.45, 7) is 2.11. The molecule has 0 fully saturated rings. The van der Waals surface area contributed by atoms with Gasteiger partial charge in [-0.3, -0.25) is 9.59 Å². The molecule has 0 saturated heterocycles. The summed E-state index contributed by atoms with van der Waals surface area (Å²) in [6.07, 6.45) is 2.15. The molecule has 3 aromatic heterocycles. The number of hydrogen-bond donors (Lipinski definition) is 6. The molecule has 1 amide bonds. The lowest BCUT2D eigenvalue weighted by Gasteiger charge is -2.19. The van der Waals surface area contributed by atoms with E-state index >= 15 is 0 Å². The number of hydrogen-bond acceptors (Lipinski definition) is 14. The number of carbonyl (C=O) groups excluding carboxylic acids is 1. The number of fused-ring (bicyclic) bond motifs is 1. The smallest absolute Gasteiger partial charge is 0.342 e. The second kappa shape index (κ2) is 15.0. The molecule has 0 bridgehead atoms. The minimum Gasteiger partial charge on any atom is -0.481 e. The van der Waals surface area contributed by atoms with Crippen LogP contribution in [-0.2, 0) is 22.7 Å². The maximum absolute atomic E-state index is 12.4. The summed E-state index contributed by atoms with van der Waals surface area (Å²) >= 11 is 0. The highest BCUT2D eigenvalue weighted by molar-refractivity contribution is 5.97. The number of rotatable bonds is 12. The summed E-state index contributed by atoms with van der Waals surface area (Å²) in [7, 11) is 1.82. The molecule has 1 atom stereocenters. The highest BCUT2D eigenvalue weighted by Gasteiger charge is 2.22. The van der Waals surface area contributed by atoms with Crippen molar-refractivity contribution in [1.29, 1.82) is 0 Å². The van der Waals surface area contributed by atoms with Gasteiger partial charge in [0.1, 0.15) is 18.8 Å². The Morgan fingerprint density at radius 3 is 2.38 bits per heavy atom. The average Bonchev–Trinajstić information content (AvgIpc) is 3.35. The number of nitrogens with one attached hydrogen (secondary N) is 1. The molecule has 4 aromatic rings. The molecule has 0 aliphatic heterocycles. The van der Waals surface area contributed by atoms with E-state index in [-0.39, 0.29) is 49.1 Å². The summed E-state index contributed by atoms with van der Waals surface area (Å²) in [5, 5.41) is 39.2. The van der Waals surface area contributed by atoms with Crippen molar-refractivity contribution in [2.24, 2.45) is 0 Å². The number of imidazole rings is 1. The van der Waals surface area contributed by atoms with E-state index in [1.807, 2.05) is 11.9 Å². The number of carboxylic acid groups (broad SMARTS) is 2. The van der Waals surface area contributed by atoms with Crippen LogP contribution in [0.3, 0.4) is 0 Å². The zero-order valence-electron chi connectivity index (χ0n) is 24.2. The summed E-state index contributed by atoms with van der Waals surface area (Å²) in [5.74, 6) is -2.45. The van der Waals surface area contributed by atoms with E-state index in [0.717, 1.165) is 5.69 Å². The molecule has 19 heteroatoms. The molecular formula is C26H31N11O8. The van der Waals surface area contributed by atoms with E-state index in [4.69, 9.17) is 21.7 Å². The van der Waals surface area contributed by atoms with Crippen molar-refractivity contribution >= 4 is 52.3 Å². The van der Waals surface area contributed by atoms with Crippen molar-refractivity contribution in [3.05, 3.63) is 63.9 Å². The summed E-state index contributed by atoms with van der Waals surface area (Å²) in [5.41, 5.74) is 13.7. The highest BCUT2D eigenvalue weighted by Crippen LogP contribution is 2.19. The topological polar surface area (TPSA) is 292 Å². The number of amides is 1. The Morgan fingerprint density at radius 2 is 1.78 bits per heavy atom. The molecule has 0 saturated carbocycles. The van der Waals surface area contributed by atoms with Gasteiger partial charge >= 0.3 is 17.8 Å². The average molecular weight is 626 g/mol. The van der Waals surface area contributed by atoms with Gasteiger partial charge in [0.05, 0.1) is 25.0 Å². The number of anilines is 3. The molecule has 45 heavy (non-hydrogen) atoms. The number of nitrogen functional groups attached to an aromatic ring is 2. The molecule has 0 unspecified atom stereocenters. The van der Waals surface area contributed by atoms with Crippen LogP contribution in [0.1, 0.15) is 34.7 Å². The number of benzene rings is 1. The number of nitrogens with zero attached hydrogens (tertiary/aromatic N) is 8. The van der Waals surface area contributed by atoms with Gasteiger partial charge in [0, 0.05) is 31.6 Å². The molecule has 0 aliphatic rings. The predicted molar refractivity (Wildman–Crippen MR) is 159 cm³/mol. The maximum Gasteiger partial charge on any atom is 0.342 e. The standard InChI is InChI=1S/C20H22N8O5.C6H9N3O3/c1-28(9-11-8-23-17-15(24-11)16(21)26-20(22)27-17)12-4-2-10(3-5-12)18(31)25-13(19(32)33)6-7-14(29)30;1-5-7-4-6(9(11)12)8(5)2-3-10/h2-5,8,13H,6-7,9H2,1H3,(H,25,31)(H,29,30)(H,32,33)(H4,21,22,23,26,27);4,10H,2-3H2,1H3/t13-;/m0./s1. The summed E-state index contributed by atoms with van der Waals surface area (Å²) in [6, 6.07) is 5.16. The van der Waals surface area contributed by atoms with Crippen LogP contribution in [0.4, 0.5) is 23.3 Å². The number of carbonyl (C=O) groups is 3. The SMILES string of the molecule is CN(Cc1cnc2nc(N)nc(N)c2n1)c1ccc(C(=O)N[C@@H](CCC(=O)O)C(=O)O)cc1.Cc1ncc([N+](=O)[O-])n1CCO. The Labute approximate surface area is 254 Å². The Bertz CT molecular complexity index is 1690. The van der Waals surface area contributed by atoms with E-state index in [9.17, 15) is 29.6 Å². The normalized spacial score (nSPS) is 11.3. The predicted octanol–water partition coefficient (Wildman–Crippen LogP) is 0.360. The zero-order valence-corrected chi connectivity index (χ0v) is 24.2. The highest BCUT2D eigenvalue weighted by atomic mass is 16.6. The third-order valence-electron chi connectivity index (χ3n) is 6.27. The third-order valence-corrected chi connectivity index (χ3v) is 6.27. The van der Waals surface area contributed by atoms with Gasteiger partial charge in [-0.2, -0.15) is 9.97 Å². The first kappa shape index (κ1) is 33.5. The molecule has 8 N–H and O–H groups in total. The van der Waals surface area contributed by atoms with Gasteiger partial charge in [-0.05, 0) is 35.6 Å². The van der Waals surface area contributed by atoms with Crippen LogP contribution in [0.2, 0.25) is 0 Å². The number of aliphatic hydroxyl groups is 1. The summed E-state index contributed by atoms with van der Waals surface area (Å²) < 4.78 is 1.36. The zero-order chi connectivity index (χ0) is 33.3. The molecule has 19 nitrogen and oxygen atoms in total. The van der Waals surface area contributed by atoms with Crippen molar-refractivity contribution in [2.75, 3.05) is 30.0 Å². The van der Waals surface area contributed by atoms with Crippen molar-refractivity contribution in [2.45, 2.75) is 38.9 Å². The molecule has 4 rings (SSSR count). The van der Waals surface area contributed by atoms with Crippen molar-refractivity contribution in [3.63, 3.8) is 0 Å². The second-order valence-electron chi connectivity index (χ2n) is 9.50. The van der Waals surface area contributed by atoms with Crippen LogP contribution >= 0.6 is 0 Å². The van der Waals surface area contributed by atoms with Crippen LogP contribution in [0.5, 0.6) is 0 Å². The molecule has 1 aromatic carbocycles. The van der Waals surface area contributed by atoms with Crippen LogP contribution in [-0.4, -0.2) is 87.3 Å². The number of aryl methyl sites for hydroxylation is 1. The largest absolute Gasteiger partial charge is 0.481 e. The lowest BCUT2D eigenvalue weighted by molar-refractivity contribution is -0.392. The lowest BCUT2D eigenvalue weighted by Crippen LogP contribution is -2.41. The van der Waals surface area contributed by atoms with Crippen molar-refractivity contribution in [1.82, 2.24) is 34.8 Å². The minimum atomic E-state index is -1.30. The monoisotopic (exact) mass is 625 g/mol. The molecule has 0 radical (unpaired) electrons. The molecule has 238 valence electrons. The van der Waals surface area contributed by atoms with Gasteiger partial charge in [-0.25, -0.2) is 24.3 Å². The van der Waals surface area contributed by atoms with E-state index < -0.39 is 28.8 Å². The number of aliphatic carboxylic acids is 2. The molecule has 0 spiro atoms. The Morgan fingerprint density at radius 1 is 1.09 bits per heavy atom. The van der Waals surface area contributed by atoms with Gasteiger partial charge in [-0.1, -0.05) is 0 Å². The van der Waals surface area contributed by atoms with Crippen LogP contribution < -0.4 is 21.7 Å². The number of nitro groups is 1.